The summed E-state index contributed by atoms with van der Waals surface area (Å²) >= 11 is 0. The molecule has 4 atom stereocenters. The van der Waals surface area contributed by atoms with Crippen LogP contribution in [0.2, 0.25) is 0 Å². The molecular formula is C23H18N4O8. The number of nitrogens with zero attached hydrogens (tertiary/aromatic N) is 2. The van der Waals surface area contributed by atoms with Crippen molar-refractivity contribution in [1.29, 1.82) is 0 Å². The van der Waals surface area contributed by atoms with E-state index in [1.165, 1.54) is 36.8 Å². The number of hydrogen-bond donors (Lipinski definition) is 6. The van der Waals surface area contributed by atoms with E-state index in [1.54, 1.807) is 5.48 Å². The minimum absolute atomic E-state index is 0.134. The van der Waals surface area contributed by atoms with Crippen LogP contribution in [-0.4, -0.2) is 65.4 Å². The van der Waals surface area contributed by atoms with Crippen LogP contribution in [0.25, 0.3) is 22.0 Å². The van der Waals surface area contributed by atoms with Gasteiger partial charge in [0, 0.05) is 23.9 Å². The predicted molar refractivity (Wildman–Crippen MR) is 116 cm³/mol. The fraction of sp³-hybridized carbons (Fsp3) is 0.217. The molecule has 2 aliphatic rings. The fourth-order valence-corrected chi connectivity index (χ4v) is 5.15. The molecule has 1 saturated carbocycles. The smallest absolute Gasteiger partial charge is 0.235 e. The number of ketones is 3. The van der Waals surface area contributed by atoms with Gasteiger partial charge >= 0.3 is 0 Å². The van der Waals surface area contributed by atoms with Crippen molar-refractivity contribution in [2.75, 3.05) is 0 Å². The van der Waals surface area contributed by atoms with E-state index in [0.29, 0.717) is 11.3 Å². The molecule has 0 radical (unpaired) electrons. The van der Waals surface area contributed by atoms with Crippen molar-refractivity contribution in [3.05, 3.63) is 47.9 Å². The highest BCUT2D eigenvalue weighted by atomic mass is 16.5. The molecule has 12 heteroatoms. The summed E-state index contributed by atoms with van der Waals surface area (Å²) in [7, 11) is 0. The van der Waals surface area contributed by atoms with Gasteiger partial charge in [-0.05, 0) is 35.6 Å². The minimum Gasteiger partial charge on any atom is -0.507 e. The molecule has 3 aromatic rings. The molecule has 0 aliphatic heterocycles. The summed E-state index contributed by atoms with van der Waals surface area (Å²) in [6.45, 7) is 0. The van der Waals surface area contributed by atoms with Crippen LogP contribution < -0.4 is 11.2 Å². The molecule has 178 valence electrons. The maximum atomic E-state index is 13.5. The van der Waals surface area contributed by atoms with Gasteiger partial charge in [0.2, 0.25) is 11.7 Å². The summed E-state index contributed by atoms with van der Waals surface area (Å²) in [5.74, 6) is -9.95. The highest BCUT2D eigenvalue weighted by molar-refractivity contribution is 6.33. The Morgan fingerprint density at radius 1 is 1.17 bits per heavy atom. The number of Topliss-reactive ketones (excluding diaryl/α,β-unsaturated/α-hetero) is 3. The van der Waals surface area contributed by atoms with Crippen molar-refractivity contribution >= 4 is 34.0 Å². The van der Waals surface area contributed by atoms with Gasteiger partial charge in [-0.3, -0.25) is 29.1 Å². The normalized spacial score (nSPS) is 25.9. The Hall–Kier alpha value is -4.26. The average Bonchev–Trinajstić information content (AvgIpc) is 2.82. The Kier molecular flexibility index (Phi) is 4.91. The zero-order valence-electron chi connectivity index (χ0n) is 17.8. The Morgan fingerprint density at radius 3 is 2.54 bits per heavy atom. The third-order valence-electron chi connectivity index (χ3n) is 6.78. The van der Waals surface area contributed by atoms with Crippen molar-refractivity contribution in [2.24, 2.45) is 17.6 Å². The lowest BCUT2D eigenvalue weighted by Crippen LogP contribution is -2.71. The molecule has 1 aromatic heterocycles. The second kappa shape index (κ2) is 7.63. The number of aliphatic hydroxyl groups is 1. The standard InChI is InChI=1S/C23H18N4O8/c24-22(33)16-19(30)17(27-35)11-6-8-5-10-9(12-7-25-3-4-26-12)1-2-13(28)15(10)18(29)14(8)20(31)23(11,34)21(16)32/h1-5,7,11,16-17,27-29,34-35H,6H2,(H2,24,33)/t11-,16?,17?,23-/m0/s1. The first-order chi connectivity index (χ1) is 16.6. The van der Waals surface area contributed by atoms with E-state index in [2.05, 4.69) is 9.97 Å². The van der Waals surface area contributed by atoms with Crippen molar-refractivity contribution in [2.45, 2.75) is 18.1 Å². The zero-order valence-corrected chi connectivity index (χ0v) is 17.8. The zero-order chi connectivity index (χ0) is 25.2. The molecule has 0 saturated heterocycles. The third kappa shape index (κ3) is 2.91. The topological polar surface area (TPSA) is 213 Å². The van der Waals surface area contributed by atoms with Gasteiger partial charge < -0.3 is 26.3 Å². The summed E-state index contributed by atoms with van der Waals surface area (Å²) in [5.41, 5.74) is 4.47. The molecule has 1 amide bonds. The number of amides is 1. The Morgan fingerprint density at radius 2 is 1.91 bits per heavy atom. The van der Waals surface area contributed by atoms with E-state index < -0.39 is 58.0 Å². The number of carbonyl (C=O) groups is 4. The first-order valence-corrected chi connectivity index (χ1v) is 10.4. The quantitative estimate of drug-likeness (QED) is 0.206. The van der Waals surface area contributed by atoms with E-state index in [1.807, 2.05) is 0 Å². The second-order valence-electron chi connectivity index (χ2n) is 8.52. The maximum Gasteiger partial charge on any atom is 0.235 e. The van der Waals surface area contributed by atoms with Crippen LogP contribution in [0.1, 0.15) is 15.9 Å². The van der Waals surface area contributed by atoms with E-state index in [-0.39, 0.29) is 28.5 Å². The van der Waals surface area contributed by atoms with E-state index in [9.17, 15) is 39.7 Å². The Labute approximate surface area is 196 Å². The molecule has 0 bridgehead atoms. The van der Waals surface area contributed by atoms with Gasteiger partial charge in [0.05, 0.1) is 28.9 Å². The molecule has 2 unspecified atom stereocenters. The number of nitrogens with two attached hydrogens (primary N) is 1. The predicted octanol–water partition coefficient (Wildman–Crippen LogP) is -0.605. The Bertz CT molecular complexity index is 1460. The van der Waals surface area contributed by atoms with Gasteiger partial charge in [0.1, 0.15) is 11.5 Å². The number of benzene rings is 2. The molecule has 2 aromatic carbocycles. The average molecular weight is 478 g/mol. The van der Waals surface area contributed by atoms with Crippen LogP contribution in [0.15, 0.2) is 36.8 Å². The molecule has 1 heterocycles. The molecule has 35 heavy (non-hydrogen) atoms. The van der Waals surface area contributed by atoms with Crippen LogP contribution >= 0.6 is 0 Å². The number of aromatic nitrogens is 2. The molecule has 2 aliphatic carbocycles. The highest BCUT2D eigenvalue weighted by Gasteiger charge is 2.65. The number of fused-ring (bicyclic) bond motifs is 3. The molecule has 1 fully saturated rings. The number of rotatable bonds is 3. The van der Waals surface area contributed by atoms with Crippen LogP contribution in [0.4, 0.5) is 0 Å². The number of nitrogens with one attached hydrogen (secondary N) is 1. The van der Waals surface area contributed by atoms with E-state index in [4.69, 9.17) is 5.73 Å². The lowest BCUT2D eigenvalue weighted by atomic mass is 9.58. The third-order valence-corrected chi connectivity index (χ3v) is 6.78. The van der Waals surface area contributed by atoms with E-state index in [0.717, 1.165) is 0 Å². The largest absolute Gasteiger partial charge is 0.507 e. The van der Waals surface area contributed by atoms with Gasteiger partial charge in [-0.2, -0.15) is 5.48 Å². The fourth-order valence-electron chi connectivity index (χ4n) is 5.15. The van der Waals surface area contributed by atoms with Crippen LogP contribution in [0.5, 0.6) is 11.5 Å². The summed E-state index contributed by atoms with van der Waals surface area (Å²) in [4.78, 5) is 59.4. The number of phenolic OH excluding ortho intramolecular Hbond substituents is 2. The number of phenols is 2. The molecule has 12 nitrogen and oxygen atoms in total. The van der Waals surface area contributed by atoms with Crippen LogP contribution in [-0.2, 0) is 20.8 Å². The number of primary amides is 1. The van der Waals surface area contributed by atoms with Crippen LogP contribution in [0.3, 0.4) is 0 Å². The van der Waals surface area contributed by atoms with Gasteiger partial charge in [0.25, 0.3) is 0 Å². The van der Waals surface area contributed by atoms with Crippen LogP contribution in [0, 0.1) is 11.8 Å². The number of aromatic hydroxyl groups is 2. The maximum absolute atomic E-state index is 13.5. The summed E-state index contributed by atoms with van der Waals surface area (Å²) in [6.07, 6.45) is 4.05. The van der Waals surface area contributed by atoms with Crippen molar-refractivity contribution in [3.8, 4) is 22.8 Å². The monoisotopic (exact) mass is 478 g/mol. The molecule has 5 rings (SSSR count). The minimum atomic E-state index is -2.94. The first-order valence-electron chi connectivity index (χ1n) is 10.4. The second-order valence-corrected chi connectivity index (χ2v) is 8.52. The SMILES string of the molecule is NC(=O)C1C(=O)C(NO)[C@@H]2Cc3cc4c(-c5cnccn5)ccc(O)c4c(O)c3C(=O)[C@]2(O)C1=O. The number of carbonyl (C=O) groups excluding carboxylic acids is 4. The molecular weight excluding hydrogens is 460 g/mol. The van der Waals surface area contributed by atoms with Gasteiger partial charge in [0.15, 0.2) is 23.1 Å². The van der Waals surface area contributed by atoms with Crippen molar-refractivity contribution < 1.29 is 39.7 Å². The number of hydrogen-bond acceptors (Lipinski definition) is 11. The lowest BCUT2D eigenvalue weighted by molar-refractivity contribution is -0.162. The summed E-state index contributed by atoms with van der Waals surface area (Å²) in [6, 6.07) is 2.61. The summed E-state index contributed by atoms with van der Waals surface area (Å²) in [5, 5.41) is 42.7. The van der Waals surface area contributed by atoms with Gasteiger partial charge in [-0.25, -0.2) is 0 Å². The van der Waals surface area contributed by atoms with E-state index >= 15 is 0 Å². The van der Waals surface area contributed by atoms with Gasteiger partial charge in [-0.15, -0.1) is 0 Å². The molecule has 7 N–H and O–H groups in total. The number of hydroxylamine groups is 1. The highest BCUT2D eigenvalue weighted by Crippen LogP contribution is 2.49. The lowest BCUT2D eigenvalue weighted by Gasteiger charge is -2.46. The van der Waals surface area contributed by atoms with Crippen molar-refractivity contribution in [1.82, 2.24) is 15.4 Å². The van der Waals surface area contributed by atoms with Gasteiger partial charge in [-0.1, -0.05) is 0 Å². The Balaban J connectivity index is 1.79. The summed E-state index contributed by atoms with van der Waals surface area (Å²) < 4.78 is 0. The molecule has 0 spiro atoms. The first kappa shape index (κ1) is 22.5. The van der Waals surface area contributed by atoms with Crippen molar-refractivity contribution in [3.63, 3.8) is 0 Å².